The summed E-state index contributed by atoms with van der Waals surface area (Å²) in [6.07, 6.45) is 8.66. The highest BCUT2D eigenvalue weighted by atomic mass is 16.6. The quantitative estimate of drug-likeness (QED) is 0.0545. The van der Waals surface area contributed by atoms with Gasteiger partial charge in [-0.2, -0.15) is 5.43 Å². The average molecular weight is 1040 g/mol. The summed E-state index contributed by atoms with van der Waals surface area (Å²) in [6, 6.07) is 12.5. The van der Waals surface area contributed by atoms with E-state index in [1.807, 2.05) is 51.2 Å². The van der Waals surface area contributed by atoms with Crippen LogP contribution >= 0.6 is 0 Å². The number of pyridine rings is 1. The van der Waals surface area contributed by atoms with Crippen LogP contribution in [0.2, 0.25) is 0 Å². The van der Waals surface area contributed by atoms with E-state index in [0.29, 0.717) is 30.6 Å². The molecule has 5 heterocycles. The number of aromatic hydroxyl groups is 1. The van der Waals surface area contributed by atoms with E-state index in [0.717, 1.165) is 69.8 Å². The highest BCUT2D eigenvalue weighted by Crippen LogP contribution is 2.41. The molecule has 2 saturated heterocycles. The molecule has 5 N–H and O–H groups in total. The van der Waals surface area contributed by atoms with Gasteiger partial charge in [0.25, 0.3) is 11.8 Å². The van der Waals surface area contributed by atoms with Crippen molar-refractivity contribution in [2.45, 2.75) is 129 Å². The normalized spacial score (nSPS) is 21.7. The third kappa shape index (κ3) is 12.7. The van der Waals surface area contributed by atoms with Gasteiger partial charge in [0.15, 0.2) is 5.60 Å². The molecule has 1 unspecified atom stereocenters. The molecule has 406 valence electrons. The summed E-state index contributed by atoms with van der Waals surface area (Å²) < 4.78 is 13.8. The Labute approximate surface area is 441 Å². The van der Waals surface area contributed by atoms with Gasteiger partial charge < -0.3 is 49.4 Å². The summed E-state index contributed by atoms with van der Waals surface area (Å²) >= 11 is 0. The largest absolute Gasteiger partial charge is 0.508 e. The lowest BCUT2D eigenvalue weighted by molar-refractivity contribution is -0.189. The highest BCUT2D eigenvalue weighted by Gasteiger charge is 2.49. The topological polar surface area (TPSA) is 219 Å². The zero-order valence-electron chi connectivity index (χ0n) is 45.3. The molecule has 4 amide bonds. The van der Waals surface area contributed by atoms with Crippen molar-refractivity contribution >= 4 is 40.5 Å². The molecular weight excluding hydrogens is 957 g/mol. The summed E-state index contributed by atoms with van der Waals surface area (Å²) in [5.41, 5.74) is 4.21. The fraction of sp³-hybridized carbons (Fsp3) is 0.544. The van der Waals surface area contributed by atoms with Gasteiger partial charge in [0, 0.05) is 93.8 Å². The molecule has 2 aromatic heterocycles. The number of aryl methyl sites for hydroxylation is 1. The number of amides is 4. The Balaban J connectivity index is 1.22. The maximum absolute atomic E-state index is 14.9. The predicted molar refractivity (Wildman–Crippen MR) is 285 cm³/mol. The fourth-order valence-electron chi connectivity index (χ4n) is 10.9. The van der Waals surface area contributed by atoms with Gasteiger partial charge >= 0.3 is 5.97 Å². The third-order valence-electron chi connectivity index (χ3n) is 14.8. The monoisotopic (exact) mass is 1030 g/mol. The molecule has 75 heavy (non-hydrogen) atoms. The van der Waals surface area contributed by atoms with Crippen LogP contribution in [0.1, 0.15) is 96.9 Å². The van der Waals surface area contributed by atoms with Crippen LogP contribution in [0.25, 0.3) is 33.3 Å². The Morgan fingerprint density at radius 3 is 2.52 bits per heavy atom. The number of hydrazine groups is 1. The van der Waals surface area contributed by atoms with Gasteiger partial charge in [-0.05, 0) is 104 Å². The molecule has 6 bridgehead atoms. The number of rotatable bonds is 16. The summed E-state index contributed by atoms with van der Waals surface area (Å²) in [4.78, 5) is 80.6. The zero-order chi connectivity index (χ0) is 54.4. The van der Waals surface area contributed by atoms with Gasteiger partial charge in [0.1, 0.15) is 17.8 Å². The van der Waals surface area contributed by atoms with Crippen LogP contribution in [-0.4, -0.2) is 158 Å². The van der Waals surface area contributed by atoms with Gasteiger partial charge in [0.2, 0.25) is 17.5 Å². The average Bonchev–Trinajstić information content (AvgIpc) is 3.92. The number of methoxy groups -OCH3 is 1. The van der Waals surface area contributed by atoms with Gasteiger partial charge in [-0.3, -0.25) is 29.2 Å². The Kier molecular flexibility index (Phi) is 17.9. The molecular formula is C57H78N8O10. The minimum atomic E-state index is -2.30. The van der Waals surface area contributed by atoms with Crippen LogP contribution < -0.4 is 10.7 Å². The van der Waals surface area contributed by atoms with Gasteiger partial charge in [0.05, 0.1) is 31.1 Å². The van der Waals surface area contributed by atoms with Crippen LogP contribution in [0, 0.1) is 11.3 Å². The van der Waals surface area contributed by atoms with E-state index in [2.05, 4.69) is 40.1 Å². The van der Waals surface area contributed by atoms with Crippen molar-refractivity contribution in [3.8, 4) is 28.1 Å². The van der Waals surface area contributed by atoms with Gasteiger partial charge in [-0.15, -0.1) is 0 Å². The molecule has 18 heteroatoms. The van der Waals surface area contributed by atoms with Crippen LogP contribution in [-0.2, 0) is 59.4 Å². The number of unbranched alkanes of at least 4 members (excludes halogenated alkanes) is 2. The minimum Gasteiger partial charge on any atom is -0.508 e. The van der Waals surface area contributed by atoms with Crippen molar-refractivity contribution in [3.05, 3.63) is 83.7 Å². The molecule has 3 aliphatic rings. The van der Waals surface area contributed by atoms with E-state index in [4.69, 9.17) is 14.5 Å². The molecule has 0 radical (unpaired) electrons. The number of aromatic nitrogens is 2. The van der Waals surface area contributed by atoms with Crippen molar-refractivity contribution in [3.63, 3.8) is 0 Å². The van der Waals surface area contributed by atoms with E-state index in [9.17, 15) is 39.3 Å². The molecule has 0 saturated carbocycles. The van der Waals surface area contributed by atoms with Gasteiger partial charge in [-0.1, -0.05) is 65.7 Å². The number of benzene rings is 2. The number of ether oxygens (including phenoxy) is 2. The van der Waals surface area contributed by atoms with Crippen molar-refractivity contribution in [1.82, 2.24) is 40.0 Å². The van der Waals surface area contributed by atoms with E-state index >= 15 is 0 Å². The number of nitrogens with zero attached hydrogens (tertiary/aromatic N) is 6. The number of esters is 1. The summed E-state index contributed by atoms with van der Waals surface area (Å²) in [7, 11) is 5.04. The number of β-amino-alcohol motifs (C(OH)–C–C–N with tert-alkyl or cyclic N) is 1. The number of likely N-dealkylation sites (tertiary alicyclic amines) is 1. The molecule has 3 aliphatic heterocycles. The first-order chi connectivity index (χ1) is 35.6. The van der Waals surface area contributed by atoms with E-state index in [1.54, 1.807) is 39.3 Å². The van der Waals surface area contributed by atoms with Crippen LogP contribution in [0.5, 0.6) is 5.75 Å². The second kappa shape index (κ2) is 23.8. The molecule has 7 rings (SSSR count). The Hall–Kier alpha value is -6.18. The van der Waals surface area contributed by atoms with Crippen LogP contribution in [0.3, 0.4) is 0 Å². The maximum atomic E-state index is 14.9. The number of fused-ring (bicyclic) bond motifs is 6. The number of hydrogen-bond donors (Lipinski definition) is 5. The van der Waals surface area contributed by atoms with E-state index in [-0.39, 0.29) is 70.2 Å². The number of hydrogen-bond acceptors (Lipinski definition) is 13. The second-order valence-electron chi connectivity index (χ2n) is 21.9. The lowest BCUT2D eigenvalue weighted by Crippen LogP contribution is -2.67. The first-order valence-corrected chi connectivity index (χ1v) is 26.5. The summed E-state index contributed by atoms with van der Waals surface area (Å²) in [5, 5.41) is 40.1. The fourth-order valence-corrected chi connectivity index (χ4v) is 10.9. The number of carbonyl (C=O) groups is 5. The second-order valence-corrected chi connectivity index (χ2v) is 21.9. The summed E-state index contributed by atoms with van der Waals surface area (Å²) in [6.45, 7) is 13.9. The van der Waals surface area contributed by atoms with E-state index in [1.165, 1.54) is 29.0 Å². The Bertz CT molecular complexity index is 2770. The highest BCUT2D eigenvalue weighted by molar-refractivity contribution is 5.97. The standard InChI is InChI=1S/C57H78N8O10/c1-10-12-13-24-61(7)25-15-18-48(67)63-27-22-56(72,35-63)53(70)62(8)49(37(3)4)51(68)59-45-30-38-28-40(31-41(66)29-38)39-19-20-47-43(32-39)44(50(64(47)11-2)42-17-14-23-58-46(42)34-74-9)33-55(5,6)36-75-54(71)57(73)21-16-26-65(60-57)52(45)69/h14-15,17-20,23,28-29,31-32,37,45,49,60,66,72-73H,10-13,16,21-22,24-27,30,33-36H2,1-9H3,(H,59,68)/b18-15-/t45-,49-,56?,57-/m0/s1. The van der Waals surface area contributed by atoms with Crippen molar-refractivity contribution in [2.75, 3.05) is 60.5 Å². The molecule has 18 nitrogen and oxygen atoms in total. The molecule has 4 aromatic rings. The first kappa shape index (κ1) is 56.5. The molecule has 0 aliphatic carbocycles. The number of cyclic esters (lactones) is 1. The van der Waals surface area contributed by atoms with Crippen molar-refractivity contribution in [1.29, 1.82) is 0 Å². The SMILES string of the molecule is CCCCCN(C)C/C=C\C(=O)N1CCC(O)(C(=O)N(C)[C@H](C(=O)N[C@H]2Cc3cc(O)cc(c3)-c3ccc4c(c3)c(c(-c3cccnc3COC)n4CC)CC(C)(C)COC(=O)[C@@]3(O)CCCN(N3)C2=O)C(C)C)C1. The molecule has 4 atom stereocenters. The Morgan fingerprint density at radius 1 is 1.03 bits per heavy atom. The summed E-state index contributed by atoms with van der Waals surface area (Å²) in [5.74, 6) is -4.04. The van der Waals surface area contributed by atoms with Crippen LogP contribution in [0.15, 0.2) is 66.9 Å². The first-order valence-electron chi connectivity index (χ1n) is 26.5. The van der Waals surface area contributed by atoms with Crippen molar-refractivity contribution in [2.24, 2.45) is 11.3 Å². The number of phenols is 1. The third-order valence-corrected chi connectivity index (χ3v) is 14.8. The smallest absolute Gasteiger partial charge is 0.355 e. The number of phenolic OH excluding ortho intramolecular Hbond substituents is 1. The number of aliphatic hydroxyl groups is 2. The lowest BCUT2D eigenvalue weighted by atomic mass is 9.84. The molecule has 2 fully saturated rings. The Morgan fingerprint density at radius 2 is 1.80 bits per heavy atom. The van der Waals surface area contributed by atoms with E-state index < -0.39 is 58.4 Å². The van der Waals surface area contributed by atoms with Gasteiger partial charge in [-0.25, -0.2) is 4.79 Å². The predicted octanol–water partition coefficient (Wildman–Crippen LogP) is 5.34. The molecule has 2 aromatic carbocycles. The van der Waals surface area contributed by atoms with Crippen molar-refractivity contribution < 1.29 is 48.8 Å². The zero-order valence-corrected chi connectivity index (χ0v) is 45.3. The van der Waals surface area contributed by atoms with Crippen LogP contribution in [0.4, 0.5) is 0 Å². The lowest BCUT2D eigenvalue weighted by Gasteiger charge is -2.40. The number of carbonyl (C=O) groups excluding carboxylic acids is 5. The maximum Gasteiger partial charge on any atom is 0.355 e. The minimum absolute atomic E-state index is 0.0385. The number of nitrogens with one attached hydrogen (secondary N) is 2. The molecule has 0 spiro atoms. The number of likely N-dealkylation sites (N-methyl/N-ethyl adjacent to an activating group) is 2.